The molecule has 1 aliphatic rings. The second-order valence-electron chi connectivity index (χ2n) is 5.14. The molecule has 0 spiro atoms. The predicted octanol–water partition coefficient (Wildman–Crippen LogP) is 0.573. The van der Waals surface area contributed by atoms with Gasteiger partial charge in [0, 0.05) is 18.8 Å². The Morgan fingerprint density at radius 1 is 1.45 bits per heavy atom. The monoisotopic (exact) mass is 277 g/mol. The largest absolute Gasteiger partial charge is 0.481 e. The van der Waals surface area contributed by atoms with Crippen LogP contribution >= 0.6 is 0 Å². The first-order chi connectivity index (χ1) is 9.52. The average molecular weight is 277 g/mol. The van der Waals surface area contributed by atoms with Crippen LogP contribution in [0.2, 0.25) is 0 Å². The summed E-state index contributed by atoms with van der Waals surface area (Å²) in [6.45, 7) is 4.31. The lowest BCUT2D eigenvalue weighted by atomic mass is 9.99. The number of hydrogen-bond acceptors (Lipinski definition) is 4. The summed E-state index contributed by atoms with van der Waals surface area (Å²) in [4.78, 5) is 29.7. The molecular weight excluding hydrogens is 258 g/mol. The quantitative estimate of drug-likeness (QED) is 0.873. The first-order valence-corrected chi connectivity index (χ1v) is 6.59. The normalized spacial score (nSPS) is 19.2. The first kappa shape index (κ1) is 14.3. The predicted molar refractivity (Wildman–Crippen MR) is 73.0 cm³/mol. The zero-order valence-electron chi connectivity index (χ0n) is 11.9. The van der Waals surface area contributed by atoms with Crippen molar-refractivity contribution in [3.63, 3.8) is 0 Å². The molecule has 2 amide bonds. The van der Waals surface area contributed by atoms with Crippen LogP contribution in [-0.2, 0) is 16.1 Å². The molecule has 1 aliphatic heterocycles. The van der Waals surface area contributed by atoms with Crippen molar-refractivity contribution >= 4 is 11.8 Å². The fourth-order valence-electron chi connectivity index (χ4n) is 2.34. The maximum absolute atomic E-state index is 12.0. The van der Waals surface area contributed by atoms with Crippen LogP contribution in [0.3, 0.4) is 0 Å². The van der Waals surface area contributed by atoms with Gasteiger partial charge in [0.1, 0.15) is 6.04 Å². The molecule has 0 radical (unpaired) electrons. The van der Waals surface area contributed by atoms with Gasteiger partial charge in [-0.05, 0) is 11.5 Å². The van der Waals surface area contributed by atoms with Gasteiger partial charge in [-0.15, -0.1) is 0 Å². The van der Waals surface area contributed by atoms with Gasteiger partial charge >= 0.3 is 0 Å². The Morgan fingerprint density at radius 2 is 2.20 bits per heavy atom. The molecule has 20 heavy (non-hydrogen) atoms. The van der Waals surface area contributed by atoms with Crippen LogP contribution in [0.5, 0.6) is 5.88 Å². The molecule has 1 unspecified atom stereocenters. The van der Waals surface area contributed by atoms with Gasteiger partial charge in [0.2, 0.25) is 17.7 Å². The molecule has 2 heterocycles. The Morgan fingerprint density at radius 3 is 2.75 bits per heavy atom. The summed E-state index contributed by atoms with van der Waals surface area (Å²) in [5.74, 6) is 0.419. The molecule has 2 rings (SSSR count). The minimum atomic E-state index is -0.432. The van der Waals surface area contributed by atoms with Crippen molar-refractivity contribution in [2.75, 3.05) is 13.7 Å². The molecule has 1 aromatic heterocycles. The number of nitrogens with one attached hydrogen (secondary N) is 1. The number of piperazine rings is 1. The third-order valence-corrected chi connectivity index (χ3v) is 3.33. The van der Waals surface area contributed by atoms with Crippen molar-refractivity contribution in [1.82, 2.24) is 15.2 Å². The number of amides is 2. The standard InChI is InChI=1S/C14H19N3O3/c1-9(2)13-14(19)16-7-12(18)17(13)8-10-4-5-11(20-3)15-6-10/h4-6,9,13H,7-8H2,1-3H3,(H,16,19). The summed E-state index contributed by atoms with van der Waals surface area (Å²) < 4.78 is 5.00. The van der Waals surface area contributed by atoms with Crippen LogP contribution in [0.25, 0.3) is 0 Å². The van der Waals surface area contributed by atoms with Gasteiger partial charge in [-0.25, -0.2) is 4.98 Å². The highest BCUT2D eigenvalue weighted by molar-refractivity contribution is 5.94. The zero-order valence-corrected chi connectivity index (χ0v) is 11.9. The highest BCUT2D eigenvalue weighted by atomic mass is 16.5. The maximum atomic E-state index is 12.0. The summed E-state index contributed by atoms with van der Waals surface area (Å²) in [5, 5.41) is 2.63. The van der Waals surface area contributed by atoms with E-state index in [1.807, 2.05) is 19.9 Å². The molecule has 0 aliphatic carbocycles. The minimum Gasteiger partial charge on any atom is -0.481 e. The number of rotatable bonds is 4. The third-order valence-electron chi connectivity index (χ3n) is 3.33. The molecule has 1 N–H and O–H groups in total. The lowest BCUT2D eigenvalue weighted by Gasteiger charge is -2.37. The number of ether oxygens (including phenoxy) is 1. The van der Waals surface area contributed by atoms with Crippen molar-refractivity contribution in [3.05, 3.63) is 23.9 Å². The molecule has 1 atom stereocenters. The first-order valence-electron chi connectivity index (χ1n) is 6.59. The lowest BCUT2D eigenvalue weighted by Crippen LogP contribution is -2.59. The number of aromatic nitrogens is 1. The lowest BCUT2D eigenvalue weighted by molar-refractivity contribution is -0.148. The molecule has 108 valence electrons. The summed E-state index contributed by atoms with van der Waals surface area (Å²) in [7, 11) is 1.55. The maximum Gasteiger partial charge on any atom is 0.243 e. The molecule has 6 nitrogen and oxygen atoms in total. The van der Waals surface area contributed by atoms with Gasteiger partial charge in [-0.2, -0.15) is 0 Å². The van der Waals surface area contributed by atoms with E-state index in [0.29, 0.717) is 12.4 Å². The third kappa shape index (κ3) is 2.89. The Kier molecular flexibility index (Phi) is 4.22. The van der Waals surface area contributed by atoms with E-state index in [9.17, 15) is 9.59 Å². The summed E-state index contributed by atoms with van der Waals surface area (Å²) >= 11 is 0. The fourth-order valence-corrected chi connectivity index (χ4v) is 2.34. The van der Waals surface area contributed by atoms with E-state index in [1.54, 1.807) is 24.3 Å². The van der Waals surface area contributed by atoms with E-state index >= 15 is 0 Å². The van der Waals surface area contributed by atoms with E-state index in [2.05, 4.69) is 10.3 Å². The van der Waals surface area contributed by atoms with E-state index in [4.69, 9.17) is 4.74 Å². The van der Waals surface area contributed by atoms with Crippen LogP contribution in [0.1, 0.15) is 19.4 Å². The van der Waals surface area contributed by atoms with Crippen molar-refractivity contribution in [2.45, 2.75) is 26.4 Å². The van der Waals surface area contributed by atoms with Crippen LogP contribution in [-0.4, -0.2) is 41.4 Å². The number of nitrogens with zero attached hydrogens (tertiary/aromatic N) is 2. The molecular formula is C14H19N3O3. The van der Waals surface area contributed by atoms with Crippen molar-refractivity contribution in [3.8, 4) is 5.88 Å². The van der Waals surface area contributed by atoms with Gasteiger partial charge < -0.3 is 15.0 Å². The van der Waals surface area contributed by atoms with Gasteiger partial charge in [-0.1, -0.05) is 19.9 Å². The topological polar surface area (TPSA) is 71.5 Å². The summed E-state index contributed by atoms with van der Waals surface area (Å²) in [5.41, 5.74) is 0.875. The molecule has 1 fully saturated rings. The number of pyridine rings is 1. The SMILES string of the molecule is COc1ccc(CN2C(=O)CNC(=O)C2C(C)C)cn1. The van der Waals surface area contributed by atoms with E-state index in [-0.39, 0.29) is 24.3 Å². The number of carbonyl (C=O) groups is 2. The smallest absolute Gasteiger partial charge is 0.243 e. The van der Waals surface area contributed by atoms with Gasteiger partial charge in [0.15, 0.2) is 0 Å². The van der Waals surface area contributed by atoms with Crippen molar-refractivity contribution < 1.29 is 14.3 Å². The van der Waals surface area contributed by atoms with Crippen LogP contribution < -0.4 is 10.1 Å². The number of methoxy groups -OCH3 is 1. The summed E-state index contributed by atoms with van der Waals surface area (Å²) in [6, 6.07) is 3.16. The molecule has 1 saturated heterocycles. The van der Waals surface area contributed by atoms with Crippen molar-refractivity contribution in [2.24, 2.45) is 5.92 Å². The van der Waals surface area contributed by atoms with Crippen LogP contribution in [0.15, 0.2) is 18.3 Å². The van der Waals surface area contributed by atoms with Crippen LogP contribution in [0, 0.1) is 5.92 Å². The Bertz CT molecular complexity index is 499. The highest BCUT2D eigenvalue weighted by Crippen LogP contribution is 2.18. The molecule has 1 aromatic rings. The zero-order chi connectivity index (χ0) is 14.7. The van der Waals surface area contributed by atoms with Gasteiger partial charge in [0.05, 0.1) is 13.7 Å². The Balaban J connectivity index is 2.18. The second kappa shape index (κ2) is 5.90. The van der Waals surface area contributed by atoms with E-state index < -0.39 is 6.04 Å². The average Bonchev–Trinajstić information content (AvgIpc) is 2.43. The second-order valence-corrected chi connectivity index (χ2v) is 5.14. The number of carbonyl (C=O) groups excluding carboxylic acids is 2. The molecule has 0 aromatic carbocycles. The number of hydrogen-bond donors (Lipinski definition) is 1. The molecule has 0 bridgehead atoms. The minimum absolute atomic E-state index is 0.0606. The highest BCUT2D eigenvalue weighted by Gasteiger charge is 2.36. The Hall–Kier alpha value is -2.11. The summed E-state index contributed by atoms with van der Waals surface area (Å²) in [6.07, 6.45) is 1.66. The van der Waals surface area contributed by atoms with E-state index in [0.717, 1.165) is 5.56 Å². The van der Waals surface area contributed by atoms with Gasteiger partial charge in [-0.3, -0.25) is 9.59 Å². The Labute approximate surface area is 118 Å². The van der Waals surface area contributed by atoms with E-state index in [1.165, 1.54) is 0 Å². The van der Waals surface area contributed by atoms with Crippen LogP contribution in [0.4, 0.5) is 0 Å². The molecule has 0 saturated carbocycles. The van der Waals surface area contributed by atoms with Gasteiger partial charge in [0.25, 0.3) is 0 Å². The van der Waals surface area contributed by atoms with Crippen molar-refractivity contribution in [1.29, 1.82) is 0 Å². The molecule has 6 heteroatoms. The fraction of sp³-hybridized carbons (Fsp3) is 0.500.